The number of aliphatic carboxylic acids is 1. The number of carboxylic acid groups (broad SMARTS) is 1. The Morgan fingerprint density at radius 1 is 1.33 bits per heavy atom. The summed E-state index contributed by atoms with van der Waals surface area (Å²) in [4.78, 5) is 27.3. The minimum absolute atomic E-state index is 0.144. The van der Waals surface area contributed by atoms with Crippen LogP contribution in [-0.4, -0.2) is 28.1 Å². The van der Waals surface area contributed by atoms with E-state index in [1.165, 1.54) is 12.3 Å². The van der Waals surface area contributed by atoms with E-state index in [1.54, 1.807) is 13.8 Å². The highest BCUT2D eigenvalue weighted by molar-refractivity contribution is 6.30. The molecule has 0 aliphatic carbocycles. The number of carbonyl (C=O) groups is 2. The van der Waals surface area contributed by atoms with E-state index in [2.05, 4.69) is 10.3 Å². The highest BCUT2D eigenvalue weighted by Gasteiger charge is 2.30. The largest absolute Gasteiger partial charge is 0.481 e. The highest BCUT2D eigenvalue weighted by Crippen LogP contribution is 2.27. The lowest BCUT2D eigenvalue weighted by atomic mass is 9.95. The van der Waals surface area contributed by atoms with Crippen molar-refractivity contribution in [3.63, 3.8) is 0 Å². The molecule has 7 heteroatoms. The molecule has 1 atom stereocenters. The van der Waals surface area contributed by atoms with Crippen molar-refractivity contribution in [1.29, 1.82) is 0 Å². The summed E-state index contributed by atoms with van der Waals surface area (Å²) in [6, 6.07) is 1.48. The zero-order valence-electron chi connectivity index (χ0n) is 12.4. The molecule has 0 aromatic carbocycles. The molecule has 116 valence electrons. The van der Waals surface area contributed by atoms with Crippen molar-refractivity contribution in [3.05, 3.63) is 17.3 Å². The van der Waals surface area contributed by atoms with E-state index in [1.807, 2.05) is 13.8 Å². The normalized spacial score (nSPS) is 12.3. The van der Waals surface area contributed by atoms with E-state index >= 15 is 0 Å². The van der Waals surface area contributed by atoms with Gasteiger partial charge in [-0.15, -0.1) is 0 Å². The molecule has 1 aromatic heterocycles. The van der Waals surface area contributed by atoms with Crippen LogP contribution in [0.25, 0.3) is 0 Å². The third kappa shape index (κ3) is 4.90. The SMILES string of the molecule is CC(C)Oc1ncc(Cl)cc1NC(=O)C(C(=O)O)C(C)C. The molecule has 1 aromatic rings. The summed E-state index contributed by atoms with van der Waals surface area (Å²) in [5.74, 6) is -3.10. The first kappa shape index (κ1) is 17.2. The first-order valence-electron chi connectivity index (χ1n) is 6.58. The maximum atomic E-state index is 12.1. The summed E-state index contributed by atoms with van der Waals surface area (Å²) in [6.45, 7) is 6.96. The van der Waals surface area contributed by atoms with Gasteiger partial charge < -0.3 is 15.2 Å². The Labute approximate surface area is 128 Å². The fourth-order valence-electron chi connectivity index (χ4n) is 1.74. The van der Waals surface area contributed by atoms with Gasteiger partial charge >= 0.3 is 5.97 Å². The number of hydrogen-bond donors (Lipinski definition) is 2. The standard InChI is InChI=1S/C14H19ClN2O4/c1-7(2)11(14(19)20)12(18)17-10-5-9(15)6-16-13(10)21-8(3)4/h5-8,11H,1-4H3,(H,17,18)(H,19,20). The Morgan fingerprint density at radius 2 is 1.95 bits per heavy atom. The number of ether oxygens (including phenoxy) is 1. The van der Waals surface area contributed by atoms with Gasteiger partial charge in [0.05, 0.1) is 11.1 Å². The van der Waals surface area contributed by atoms with Crippen molar-refractivity contribution >= 4 is 29.2 Å². The van der Waals surface area contributed by atoms with Gasteiger partial charge in [-0.25, -0.2) is 4.98 Å². The van der Waals surface area contributed by atoms with Crippen LogP contribution < -0.4 is 10.1 Å². The minimum atomic E-state index is -1.18. The van der Waals surface area contributed by atoms with Crippen LogP contribution in [0.3, 0.4) is 0 Å². The summed E-state index contributed by atoms with van der Waals surface area (Å²) < 4.78 is 5.47. The number of nitrogens with zero attached hydrogens (tertiary/aromatic N) is 1. The number of halogens is 1. The molecule has 21 heavy (non-hydrogen) atoms. The molecule has 0 aliphatic rings. The zero-order valence-corrected chi connectivity index (χ0v) is 13.1. The van der Waals surface area contributed by atoms with Crippen LogP contribution in [0.5, 0.6) is 5.88 Å². The monoisotopic (exact) mass is 314 g/mol. The van der Waals surface area contributed by atoms with Crippen molar-refractivity contribution in [2.45, 2.75) is 33.8 Å². The Kier molecular flexibility index (Phi) is 5.96. The Hall–Kier alpha value is -1.82. The average molecular weight is 315 g/mol. The molecular formula is C14H19ClN2O4. The maximum Gasteiger partial charge on any atom is 0.316 e. The smallest absolute Gasteiger partial charge is 0.316 e. The molecule has 1 rings (SSSR count). The van der Waals surface area contributed by atoms with E-state index in [0.717, 1.165) is 0 Å². The lowest BCUT2D eigenvalue weighted by Gasteiger charge is -2.18. The van der Waals surface area contributed by atoms with Gasteiger partial charge in [0, 0.05) is 6.20 Å². The van der Waals surface area contributed by atoms with Gasteiger partial charge in [0.15, 0.2) is 0 Å². The van der Waals surface area contributed by atoms with Crippen molar-refractivity contribution in [2.24, 2.45) is 11.8 Å². The first-order chi connectivity index (χ1) is 9.72. The van der Waals surface area contributed by atoms with Crippen molar-refractivity contribution in [1.82, 2.24) is 4.98 Å². The molecule has 1 heterocycles. The Bertz CT molecular complexity index is 532. The number of amides is 1. The van der Waals surface area contributed by atoms with Crippen LogP contribution >= 0.6 is 11.6 Å². The fourth-order valence-corrected chi connectivity index (χ4v) is 1.90. The van der Waals surface area contributed by atoms with Gasteiger partial charge in [-0.1, -0.05) is 25.4 Å². The van der Waals surface area contributed by atoms with E-state index in [4.69, 9.17) is 21.4 Å². The number of pyridine rings is 1. The van der Waals surface area contributed by atoms with E-state index < -0.39 is 17.8 Å². The van der Waals surface area contributed by atoms with Gasteiger partial charge in [-0.05, 0) is 25.8 Å². The predicted molar refractivity (Wildman–Crippen MR) is 79.6 cm³/mol. The van der Waals surface area contributed by atoms with Gasteiger partial charge in [0.2, 0.25) is 11.8 Å². The molecule has 1 unspecified atom stereocenters. The van der Waals surface area contributed by atoms with Crippen LogP contribution in [-0.2, 0) is 9.59 Å². The maximum absolute atomic E-state index is 12.1. The summed E-state index contributed by atoms with van der Waals surface area (Å²) in [6.07, 6.45) is 1.25. The molecule has 0 radical (unpaired) electrons. The van der Waals surface area contributed by atoms with E-state index in [9.17, 15) is 9.59 Å². The lowest BCUT2D eigenvalue weighted by Crippen LogP contribution is -2.33. The molecule has 0 spiro atoms. The van der Waals surface area contributed by atoms with Crippen LogP contribution in [0.2, 0.25) is 5.02 Å². The molecule has 0 saturated carbocycles. The third-order valence-corrected chi connectivity index (χ3v) is 2.84. The lowest BCUT2D eigenvalue weighted by molar-refractivity contribution is -0.147. The topological polar surface area (TPSA) is 88.5 Å². The predicted octanol–water partition coefficient (Wildman–Crippen LogP) is 2.82. The molecule has 0 bridgehead atoms. The minimum Gasteiger partial charge on any atom is -0.481 e. The van der Waals surface area contributed by atoms with E-state index in [-0.39, 0.29) is 23.6 Å². The second-order valence-corrected chi connectivity index (χ2v) is 5.66. The molecule has 2 N–H and O–H groups in total. The number of nitrogens with one attached hydrogen (secondary N) is 1. The molecule has 0 fully saturated rings. The zero-order chi connectivity index (χ0) is 16.2. The number of aromatic nitrogens is 1. The number of hydrogen-bond acceptors (Lipinski definition) is 4. The van der Waals surface area contributed by atoms with Gasteiger partial charge in [0.1, 0.15) is 11.6 Å². The summed E-state index contributed by atoms with van der Waals surface area (Å²) in [7, 11) is 0. The Morgan fingerprint density at radius 3 is 2.43 bits per heavy atom. The van der Waals surface area contributed by atoms with Gasteiger partial charge in [-0.3, -0.25) is 9.59 Å². The first-order valence-corrected chi connectivity index (χ1v) is 6.96. The second-order valence-electron chi connectivity index (χ2n) is 5.22. The quantitative estimate of drug-likeness (QED) is 0.788. The third-order valence-electron chi connectivity index (χ3n) is 2.64. The molecule has 1 amide bonds. The molecule has 6 nitrogen and oxygen atoms in total. The highest BCUT2D eigenvalue weighted by atomic mass is 35.5. The summed E-state index contributed by atoms with van der Waals surface area (Å²) >= 11 is 5.86. The summed E-state index contributed by atoms with van der Waals surface area (Å²) in [5, 5.41) is 12.0. The second kappa shape index (κ2) is 7.26. The van der Waals surface area contributed by atoms with Crippen LogP contribution in [0, 0.1) is 11.8 Å². The van der Waals surface area contributed by atoms with Crippen LogP contribution in [0.4, 0.5) is 5.69 Å². The number of rotatable bonds is 6. The van der Waals surface area contributed by atoms with Gasteiger partial charge in [0.25, 0.3) is 0 Å². The molecule has 0 saturated heterocycles. The van der Waals surface area contributed by atoms with E-state index in [0.29, 0.717) is 5.02 Å². The number of carboxylic acids is 1. The Balaban J connectivity index is 3.02. The molecular weight excluding hydrogens is 296 g/mol. The average Bonchev–Trinajstić information content (AvgIpc) is 2.31. The van der Waals surface area contributed by atoms with Gasteiger partial charge in [-0.2, -0.15) is 0 Å². The van der Waals surface area contributed by atoms with Crippen molar-refractivity contribution in [2.75, 3.05) is 5.32 Å². The van der Waals surface area contributed by atoms with Crippen LogP contribution in [0.1, 0.15) is 27.7 Å². The number of carbonyl (C=O) groups excluding carboxylic acids is 1. The fraction of sp³-hybridized carbons (Fsp3) is 0.500. The van der Waals surface area contributed by atoms with Crippen LogP contribution in [0.15, 0.2) is 12.3 Å². The summed E-state index contributed by atoms with van der Waals surface area (Å²) in [5.41, 5.74) is 0.258. The van der Waals surface area contributed by atoms with Crippen molar-refractivity contribution in [3.8, 4) is 5.88 Å². The van der Waals surface area contributed by atoms with Crippen molar-refractivity contribution < 1.29 is 19.4 Å². The number of anilines is 1. The molecule has 0 aliphatic heterocycles.